The Morgan fingerprint density at radius 2 is 1.75 bits per heavy atom. The van der Waals surface area contributed by atoms with Crippen LogP contribution in [0.3, 0.4) is 0 Å². The molecule has 1 aliphatic rings. The minimum Gasteiger partial charge on any atom is -0.494 e. The number of azide groups is 1. The number of aliphatic hydroxyl groups excluding tert-OH is 1. The largest absolute Gasteiger partial charge is 0.494 e. The predicted octanol–water partition coefficient (Wildman–Crippen LogP) is 7.62. The van der Waals surface area contributed by atoms with Gasteiger partial charge in [0, 0.05) is 57.2 Å². The molecule has 2 atom stereocenters. The van der Waals surface area contributed by atoms with Crippen molar-refractivity contribution in [2.45, 2.75) is 31.0 Å². The van der Waals surface area contributed by atoms with E-state index in [9.17, 15) is 10.3 Å². The van der Waals surface area contributed by atoms with E-state index < -0.39 is 11.6 Å². The van der Waals surface area contributed by atoms with Crippen molar-refractivity contribution in [3.05, 3.63) is 139 Å². The Hall–Kier alpha value is -4.34. The van der Waals surface area contributed by atoms with Gasteiger partial charge < -0.3 is 19.9 Å². The lowest BCUT2D eigenvalue weighted by Gasteiger charge is -2.31. The zero-order valence-electron chi connectivity index (χ0n) is 23.6. The molecule has 9 nitrogen and oxygen atoms in total. The van der Waals surface area contributed by atoms with Crippen LogP contribution < -0.4 is 10.1 Å². The van der Waals surface area contributed by atoms with E-state index in [2.05, 4.69) is 31.3 Å². The van der Waals surface area contributed by atoms with Gasteiger partial charge in [0.2, 0.25) is 5.90 Å². The molecule has 11 heteroatoms. The molecule has 4 aromatic carbocycles. The molecule has 0 saturated heterocycles. The highest BCUT2D eigenvalue weighted by Gasteiger charge is 2.54. The maximum absolute atomic E-state index is 14.5. The standard InChI is InChI=1S/C33H29BrClN5O4/c34-27-11-4-1-8-23(27)20-33(32(42)37-21-24-9-2-5-12-28(24)35)30(26-10-3-6-13-29(26)39-40-36)44-31(38-33)22-14-16-25(17-15-22)43-19-7-18-41/h1-6,8-17,30,41H,7,18-21H2,(H,37,42)/t30-,33-/m1/s1. The normalized spacial score (nSPS) is 17.2. The van der Waals surface area contributed by atoms with Gasteiger partial charge in [-0.15, -0.1) is 0 Å². The third kappa shape index (κ3) is 6.90. The summed E-state index contributed by atoms with van der Waals surface area (Å²) in [7, 11) is 0. The second-order valence-electron chi connectivity index (χ2n) is 10.1. The van der Waals surface area contributed by atoms with E-state index in [1.165, 1.54) is 0 Å². The Balaban J connectivity index is 1.62. The molecule has 0 radical (unpaired) electrons. The molecule has 224 valence electrons. The summed E-state index contributed by atoms with van der Waals surface area (Å²) >= 11 is 10.0. The molecule has 0 saturated carbocycles. The molecule has 0 aromatic heterocycles. The van der Waals surface area contributed by atoms with E-state index in [1.807, 2.05) is 42.5 Å². The number of nitrogens with zero attached hydrogens (tertiary/aromatic N) is 4. The minimum absolute atomic E-state index is 0.0413. The lowest BCUT2D eigenvalue weighted by atomic mass is 9.81. The van der Waals surface area contributed by atoms with Gasteiger partial charge in [0.1, 0.15) is 5.75 Å². The molecule has 5 rings (SSSR count). The Bertz CT molecular complexity index is 1710. The van der Waals surface area contributed by atoms with E-state index in [4.69, 9.17) is 31.2 Å². The number of ether oxygens (including phenoxy) is 2. The Morgan fingerprint density at radius 3 is 2.48 bits per heavy atom. The number of halogens is 2. The molecule has 1 amide bonds. The minimum atomic E-state index is -1.50. The van der Waals surface area contributed by atoms with Crippen LogP contribution in [0.1, 0.15) is 34.8 Å². The molecule has 1 heterocycles. The van der Waals surface area contributed by atoms with Crippen molar-refractivity contribution in [3.8, 4) is 5.75 Å². The number of rotatable bonds is 12. The molecule has 0 aliphatic carbocycles. The van der Waals surface area contributed by atoms with Crippen molar-refractivity contribution in [2.75, 3.05) is 13.2 Å². The number of nitrogens with one attached hydrogen (secondary N) is 1. The molecule has 4 aromatic rings. The quantitative estimate of drug-likeness (QED) is 0.0693. The molecular formula is C33H29BrClN5O4. The van der Waals surface area contributed by atoms with Gasteiger partial charge in [0.25, 0.3) is 5.91 Å². The van der Waals surface area contributed by atoms with Gasteiger partial charge in [0.15, 0.2) is 11.6 Å². The molecule has 0 spiro atoms. The average molecular weight is 675 g/mol. The van der Waals surface area contributed by atoms with Gasteiger partial charge in [-0.05, 0) is 53.1 Å². The summed E-state index contributed by atoms with van der Waals surface area (Å²) < 4.78 is 13.1. The fourth-order valence-electron chi connectivity index (χ4n) is 5.01. The van der Waals surface area contributed by atoms with Crippen molar-refractivity contribution in [1.29, 1.82) is 0 Å². The number of carbonyl (C=O) groups excluding carboxylic acids is 1. The topological polar surface area (TPSA) is 129 Å². The summed E-state index contributed by atoms with van der Waals surface area (Å²) in [5.41, 5.74) is 10.9. The van der Waals surface area contributed by atoms with Crippen molar-refractivity contribution >= 4 is 45.0 Å². The highest BCUT2D eigenvalue weighted by Crippen LogP contribution is 2.46. The third-order valence-electron chi connectivity index (χ3n) is 7.22. The second kappa shape index (κ2) is 14.4. The first-order valence-corrected chi connectivity index (χ1v) is 15.1. The summed E-state index contributed by atoms with van der Waals surface area (Å²) in [5.74, 6) is 0.503. The first kappa shape index (κ1) is 31.1. The number of hydrogen-bond acceptors (Lipinski definition) is 6. The van der Waals surface area contributed by atoms with Crippen LogP contribution in [0, 0.1) is 0 Å². The monoisotopic (exact) mass is 673 g/mol. The van der Waals surface area contributed by atoms with Crippen LogP contribution in [-0.2, 0) is 22.5 Å². The van der Waals surface area contributed by atoms with Crippen LogP contribution in [0.4, 0.5) is 5.69 Å². The van der Waals surface area contributed by atoms with Gasteiger partial charge in [-0.3, -0.25) is 4.79 Å². The van der Waals surface area contributed by atoms with Crippen molar-refractivity contribution in [1.82, 2.24) is 5.32 Å². The van der Waals surface area contributed by atoms with Gasteiger partial charge in [-0.1, -0.05) is 93.3 Å². The molecule has 2 N–H and O–H groups in total. The maximum Gasteiger partial charge on any atom is 0.252 e. The van der Waals surface area contributed by atoms with Crippen LogP contribution in [0.2, 0.25) is 5.02 Å². The summed E-state index contributed by atoms with van der Waals surface area (Å²) in [5, 5.41) is 16.6. The van der Waals surface area contributed by atoms with Gasteiger partial charge in [0.05, 0.1) is 6.61 Å². The van der Waals surface area contributed by atoms with E-state index in [1.54, 1.807) is 54.6 Å². The first-order valence-electron chi connectivity index (χ1n) is 13.9. The van der Waals surface area contributed by atoms with Crippen LogP contribution >= 0.6 is 27.5 Å². The van der Waals surface area contributed by atoms with Gasteiger partial charge in [-0.25, -0.2) is 4.99 Å². The number of hydrogen-bond donors (Lipinski definition) is 2. The van der Waals surface area contributed by atoms with E-state index in [-0.39, 0.29) is 31.4 Å². The van der Waals surface area contributed by atoms with Crippen LogP contribution in [0.25, 0.3) is 10.4 Å². The van der Waals surface area contributed by atoms with Crippen molar-refractivity contribution in [3.63, 3.8) is 0 Å². The Labute approximate surface area is 268 Å². The smallest absolute Gasteiger partial charge is 0.252 e. The first-order chi connectivity index (χ1) is 21.4. The highest BCUT2D eigenvalue weighted by molar-refractivity contribution is 9.10. The summed E-state index contributed by atoms with van der Waals surface area (Å²) in [6.45, 7) is 0.595. The Morgan fingerprint density at radius 1 is 1.05 bits per heavy atom. The van der Waals surface area contributed by atoms with E-state index in [0.29, 0.717) is 40.6 Å². The number of carbonyl (C=O) groups is 1. The molecule has 44 heavy (non-hydrogen) atoms. The summed E-state index contributed by atoms with van der Waals surface area (Å²) in [6.07, 6.45) is -0.257. The van der Waals surface area contributed by atoms with Crippen LogP contribution in [0.15, 0.2) is 112 Å². The van der Waals surface area contributed by atoms with Crippen LogP contribution in [-0.4, -0.2) is 35.7 Å². The summed E-state index contributed by atoms with van der Waals surface area (Å²) in [4.78, 5) is 22.6. The predicted molar refractivity (Wildman–Crippen MR) is 173 cm³/mol. The third-order valence-corrected chi connectivity index (χ3v) is 8.36. The maximum atomic E-state index is 14.5. The highest BCUT2D eigenvalue weighted by atomic mass is 79.9. The van der Waals surface area contributed by atoms with E-state index >= 15 is 0 Å². The lowest BCUT2D eigenvalue weighted by Crippen LogP contribution is -2.49. The second-order valence-corrected chi connectivity index (χ2v) is 11.3. The fraction of sp³-hybridized carbons (Fsp3) is 0.212. The van der Waals surface area contributed by atoms with E-state index in [0.717, 1.165) is 15.6 Å². The number of aliphatic hydroxyl groups is 1. The van der Waals surface area contributed by atoms with Gasteiger partial charge >= 0.3 is 0 Å². The molecule has 0 unspecified atom stereocenters. The molecule has 1 aliphatic heterocycles. The SMILES string of the molecule is [N-]=[N+]=Nc1ccccc1[C@H]1OC(c2ccc(OCCCO)cc2)=N[C@@]1(Cc1ccccc1Br)C(=O)NCc1ccccc1Cl. The lowest BCUT2D eigenvalue weighted by molar-refractivity contribution is -0.129. The Kier molecular flexibility index (Phi) is 10.2. The molecular weight excluding hydrogens is 646 g/mol. The fourth-order valence-corrected chi connectivity index (χ4v) is 5.64. The number of amides is 1. The van der Waals surface area contributed by atoms with Crippen LogP contribution in [0.5, 0.6) is 5.75 Å². The molecule has 0 fully saturated rings. The number of benzene rings is 4. The zero-order valence-corrected chi connectivity index (χ0v) is 25.9. The number of aliphatic imine (C=N–C) groups is 1. The summed E-state index contributed by atoms with van der Waals surface area (Å²) in [6, 6.07) is 29.1. The van der Waals surface area contributed by atoms with Crippen molar-refractivity contribution in [2.24, 2.45) is 10.1 Å². The van der Waals surface area contributed by atoms with Crippen molar-refractivity contribution < 1.29 is 19.4 Å². The molecule has 0 bridgehead atoms. The van der Waals surface area contributed by atoms with Gasteiger partial charge in [-0.2, -0.15) is 0 Å². The zero-order chi connectivity index (χ0) is 30.9. The average Bonchev–Trinajstić information content (AvgIpc) is 3.43.